The van der Waals surface area contributed by atoms with Crippen LogP contribution < -0.4 is 4.74 Å². The Morgan fingerprint density at radius 1 is 1.19 bits per heavy atom. The molecule has 0 aliphatic carbocycles. The summed E-state index contributed by atoms with van der Waals surface area (Å²) in [4.78, 5) is 26.2. The second kappa shape index (κ2) is 12.0. The molecule has 1 amide bonds. The van der Waals surface area contributed by atoms with Crippen LogP contribution >= 0.6 is 0 Å². The van der Waals surface area contributed by atoms with Gasteiger partial charge in [0.15, 0.2) is 0 Å². The Bertz CT molecular complexity index is 1290. The largest absolute Gasteiger partial charge is 0.472 e. The van der Waals surface area contributed by atoms with E-state index in [2.05, 4.69) is 26.7 Å². The number of carbonyl (C=O) groups is 1. The van der Waals surface area contributed by atoms with Crippen molar-refractivity contribution in [2.45, 2.75) is 32.5 Å². The van der Waals surface area contributed by atoms with Gasteiger partial charge in [-0.3, -0.25) is 14.7 Å². The first-order valence-corrected chi connectivity index (χ1v) is 12.3. The minimum atomic E-state index is -0.380. The molecule has 7 nitrogen and oxygen atoms in total. The van der Waals surface area contributed by atoms with Crippen molar-refractivity contribution < 1.29 is 19.0 Å². The number of fused-ring (bicyclic) bond motifs is 1. The monoisotopic (exact) mass is 502 g/mol. The minimum absolute atomic E-state index is 0.0217. The fourth-order valence-electron chi connectivity index (χ4n) is 4.24. The molecule has 3 heterocycles. The molecule has 0 radical (unpaired) electrons. The van der Waals surface area contributed by atoms with Crippen LogP contribution in [-0.4, -0.2) is 69.7 Å². The zero-order valence-electron chi connectivity index (χ0n) is 21.3. The van der Waals surface area contributed by atoms with E-state index in [1.54, 1.807) is 35.5 Å². The summed E-state index contributed by atoms with van der Waals surface area (Å²) < 4.78 is 19.9. The maximum atomic E-state index is 13.6. The topological polar surface area (TPSA) is 78.8 Å². The maximum Gasteiger partial charge on any atom is 0.259 e. The smallest absolute Gasteiger partial charge is 0.259 e. The molecule has 1 aromatic carbocycles. The first-order chi connectivity index (χ1) is 17.8. The average molecular weight is 503 g/mol. The van der Waals surface area contributed by atoms with E-state index in [0.717, 1.165) is 5.69 Å². The second-order valence-corrected chi connectivity index (χ2v) is 9.48. The quantitative estimate of drug-likeness (QED) is 0.521. The predicted molar refractivity (Wildman–Crippen MR) is 138 cm³/mol. The number of ether oxygens (including phenoxy) is 1. The van der Waals surface area contributed by atoms with Crippen LogP contribution in [0, 0.1) is 23.6 Å². The summed E-state index contributed by atoms with van der Waals surface area (Å²) in [7, 11) is 2.00. The fourth-order valence-corrected chi connectivity index (χ4v) is 4.24. The van der Waals surface area contributed by atoms with Crippen molar-refractivity contribution in [3.63, 3.8) is 0 Å². The molecule has 0 spiro atoms. The Labute approximate surface area is 216 Å². The van der Waals surface area contributed by atoms with Gasteiger partial charge >= 0.3 is 0 Å². The normalized spacial score (nSPS) is 18.2. The summed E-state index contributed by atoms with van der Waals surface area (Å²) in [5, 5.41) is 9.85. The summed E-state index contributed by atoms with van der Waals surface area (Å²) in [6, 6.07) is 13.1. The number of hydrogen-bond acceptors (Lipinski definition) is 6. The molecule has 0 unspecified atom stereocenters. The third kappa shape index (κ3) is 6.70. The van der Waals surface area contributed by atoms with Crippen molar-refractivity contribution in [3.05, 3.63) is 89.1 Å². The van der Waals surface area contributed by atoms with Crippen molar-refractivity contribution in [2.24, 2.45) is 5.92 Å². The van der Waals surface area contributed by atoms with E-state index in [9.17, 15) is 14.3 Å². The predicted octanol–water partition coefficient (Wildman–Crippen LogP) is 3.37. The van der Waals surface area contributed by atoms with Gasteiger partial charge in [0.05, 0.1) is 18.3 Å². The molecule has 1 aliphatic heterocycles. The van der Waals surface area contributed by atoms with E-state index in [0.29, 0.717) is 30.8 Å². The van der Waals surface area contributed by atoms with Crippen LogP contribution in [0.25, 0.3) is 0 Å². The van der Waals surface area contributed by atoms with Crippen LogP contribution in [-0.2, 0) is 6.54 Å². The number of aliphatic hydroxyl groups excluding tert-OH is 1. The lowest BCUT2D eigenvalue weighted by Gasteiger charge is -2.37. The first kappa shape index (κ1) is 26.3. The molecule has 37 heavy (non-hydrogen) atoms. The molecule has 0 saturated heterocycles. The van der Waals surface area contributed by atoms with Crippen LogP contribution in [0.15, 0.2) is 60.9 Å². The van der Waals surface area contributed by atoms with E-state index >= 15 is 0 Å². The van der Waals surface area contributed by atoms with Gasteiger partial charge in [0, 0.05) is 49.1 Å². The lowest BCUT2D eigenvalue weighted by Crippen LogP contribution is -2.49. The van der Waals surface area contributed by atoms with E-state index in [1.165, 1.54) is 12.1 Å². The van der Waals surface area contributed by atoms with Crippen LogP contribution in [0.3, 0.4) is 0 Å². The highest BCUT2D eigenvalue weighted by Gasteiger charge is 2.34. The molecule has 0 fully saturated rings. The molecule has 3 atom stereocenters. The molecular weight excluding hydrogens is 471 g/mol. The van der Waals surface area contributed by atoms with Crippen LogP contribution in [0.2, 0.25) is 0 Å². The number of nitrogens with zero attached hydrogens (tertiary/aromatic N) is 4. The zero-order chi connectivity index (χ0) is 26.4. The van der Waals surface area contributed by atoms with E-state index in [1.807, 2.05) is 39.1 Å². The number of halogens is 1. The average Bonchev–Trinajstić information content (AvgIpc) is 2.89. The minimum Gasteiger partial charge on any atom is -0.472 e. The molecule has 1 aliphatic rings. The lowest BCUT2D eigenvalue weighted by atomic mass is 10.00. The molecule has 3 aromatic rings. The van der Waals surface area contributed by atoms with Gasteiger partial charge in [-0.15, -0.1) is 0 Å². The summed E-state index contributed by atoms with van der Waals surface area (Å²) in [5.41, 5.74) is 2.27. The molecule has 8 heteroatoms. The Kier molecular flexibility index (Phi) is 8.49. The number of rotatable bonds is 6. The van der Waals surface area contributed by atoms with Gasteiger partial charge in [-0.05, 0) is 50.4 Å². The number of aromatic nitrogens is 2. The number of benzene rings is 1. The van der Waals surface area contributed by atoms with E-state index in [4.69, 9.17) is 4.74 Å². The van der Waals surface area contributed by atoms with Gasteiger partial charge in [-0.2, -0.15) is 0 Å². The zero-order valence-corrected chi connectivity index (χ0v) is 21.3. The number of amides is 1. The number of likely N-dealkylation sites (N-methyl/N-ethyl adjacent to an activating group) is 1. The number of hydrogen-bond donors (Lipinski definition) is 1. The Morgan fingerprint density at radius 3 is 2.73 bits per heavy atom. The van der Waals surface area contributed by atoms with Gasteiger partial charge in [0.1, 0.15) is 17.5 Å². The van der Waals surface area contributed by atoms with Gasteiger partial charge < -0.3 is 14.7 Å². The SMILES string of the molecule is C[C@@H]1CN([C@@H](C)CO)C(=O)c2cc(C#Cc3cccc(F)c3)cnc2O[C@H]1CN(C)Cc1ccccn1. The Hall–Kier alpha value is -3.80. The summed E-state index contributed by atoms with van der Waals surface area (Å²) in [6.07, 6.45) is 3.07. The van der Waals surface area contributed by atoms with E-state index in [-0.39, 0.29) is 47.8 Å². The summed E-state index contributed by atoms with van der Waals surface area (Å²) >= 11 is 0. The molecule has 0 bridgehead atoms. The molecule has 2 aromatic heterocycles. The molecule has 1 N–H and O–H groups in total. The van der Waals surface area contributed by atoms with Crippen LogP contribution in [0.4, 0.5) is 4.39 Å². The number of pyridine rings is 2. The summed E-state index contributed by atoms with van der Waals surface area (Å²) in [6.45, 7) is 5.35. The number of carbonyl (C=O) groups excluding carboxylic acids is 1. The van der Waals surface area contributed by atoms with Gasteiger partial charge in [0.25, 0.3) is 5.91 Å². The Morgan fingerprint density at radius 2 is 2.00 bits per heavy atom. The van der Waals surface area contributed by atoms with Gasteiger partial charge in [-0.1, -0.05) is 30.9 Å². The van der Waals surface area contributed by atoms with Gasteiger partial charge in [-0.25, -0.2) is 9.37 Å². The molecule has 4 rings (SSSR count). The van der Waals surface area contributed by atoms with Crippen LogP contribution in [0.5, 0.6) is 5.88 Å². The van der Waals surface area contributed by atoms with Gasteiger partial charge in [0.2, 0.25) is 5.88 Å². The van der Waals surface area contributed by atoms with Crippen molar-refractivity contribution in [2.75, 3.05) is 26.7 Å². The molecule has 192 valence electrons. The highest BCUT2D eigenvalue weighted by atomic mass is 19.1. The standard InChI is InChI=1S/C29H31FN4O3/c1-20-16-34(21(2)19-35)29(36)26-14-23(11-10-22-7-6-8-24(30)13-22)15-32-28(26)37-27(20)18-33(3)17-25-9-4-5-12-31-25/h4-9,12-15,20-21,27,35H,16-19H2,1-3H3/t20-,21+,27+/m1/s1. The maximum absolute atomic E-state index is 13.6. The second-order valence-electron chi connectivity index (χ2n) is 9.48. The number of aliphatic hydroxyl groups is 1. The third-order valence-corrected chi connectivity index (χ3v) is 6.35. The van der Waals surface area contributed by atoms with Crippen molar-refractivity contribution in [3.8, 4) is 17.7 Å². The summed E-state index contributed by atoms with van der Waals surface area (Å²) in [5.74, 6) is 5.45. The molecular formula is C29H31FN4O3. The third-order valence-electron chi connectivity index (χ3n) is 6.35. The fraction of sp³-hybridized carbons (Fsp3) is 0.345. The molecule has 0 saturated carbocycles. The Balaban J connectivity index is 1.63. The highest BCUT2D eigenvalue weighted by Crippen LogP contribution is 2.27. The van der Waals surface area contributed by atoms with E-state index < -0.39 is 0 Å². The van der Waals surface area contributed by atoms with Crippen LogP contribution in [0.1, 0.15) is 41.0 Å². The van der Waals surface area contributed by atoms with Crippen molar-refractivity contribution >= 4 is 5.91 Å². The first-order valence-electron chi connectivity index (χ1n) is 12.3. The van der Waals surface area contributed by atoms with Crippen molar-refractivity contribution in [1.82, 2.24) is 19.8 Å². The lowest BCUT2D eigenvalue weighted by molar-refractivity contribution is 0.0324. The van der Waals surface area contributed by atoms with Crippen molar-refractivity contribution in [1.29, 1.82) is 0 Å². The highest BCUT2D eigenvalue weighted by molar-refractivity contribution is 5.97.